The summed E-state index contributed by atoms with van der Waals surface area (Å²) in [5.74, 6) is -0.104. The molecule has 19 heavy (non-hydrogen) atoms. The minimum absolute atomic E-state index is 0.0212. The number of rotatable bonds is 4. The molecule has 1 atom stereocenters. The monoisotopic (exact) mass is 261 g/mol. The Labute approximate surface area is 113 Å². The first-order chi connectivity index (χ1) is 9.16. The van der Waals surface area contributed by atoms with Crippen LogP contribution in [0.15, 0.2) is 24.5 Å². The van der Waals surface area contributed by atoms with Crippen LogP contribution < -0.4 is 5.32 Å². The van der Waals surface area contributed by atoms with Crippen LogP contribution >= 0.6 is 0 Å². The summed E-state index contributed by atoms with van der Waals surface area (Å²) in [6, 6.07) is 3.90. The average Bonchev–Trinajstić information content (AvgIpc) is 2.45. The summed E-state index contributed by atoms with van der Waals surface area (Å²) >= 11 is 0. The van der Waals surface area contributed by atoms with Crippen LogP contribution in [-0.2, 0) is 16.0 Å². The minimum Gasteiger partial charge on any atom is -0.356 e. The SMILES string of the molecule is CN(CCc1ccncc1)C(=O)C1CCNC(=O)C1. The van der Waals surface area contributed by atoms with E-state index in [1.807, 2.05) is 12.1 Å². The summed E-state index contributed by atoms with van der Waals surface area (Å²) in [6.45, 7) is 1.27. The van der Waals surface area contributed by atoms with Crippen molar-refractivity contribution >= 4 is 11.8 Å². The van der Waals surface area contributed by atoms with E-state index in [1.165, 1.54) is 0 Å². The highest BCUT2D eigenvalue weighted by molar-refractivity contribution is 5.86. The Morgan fingerprint density at radius 3 is 2.89 bits per heavy atom. The Morgan fingerprint density at radius 1 is 1.47 bits per heavy atom. The van der Waals surface area contributed by atoms with Crippen LogP contribution in [0, 0.1) is 5.92 Å². The Hall–Kier alpha value is -1.91. The van der Waals surface area contributed by atoms with Gasteiger partial charge in [-0.25, -0.2) is 0 Å². The maximum atomic E-state index is 12.2. The molecule has 1 fully saturated rings. The molecule has 5 nitrogen and oxygen atoms in total. The average molecular weight is 261 g/mol. The van der Waals surface area contributed by atoms with Crippen molar-refractivity contribution in [2.45, 2.75) is 19.3 Å². The summed E-state index contributed by atoms with van der Waals surface area (Å²) < 4.78 is 0. The lowest BCUT2D eigenvalue weighted by molar-refractivity contribution is -0.139. The summed E-state index contributed by atoms with van der Waals surface area (Å²) in [7, 11) is 1.80. The van der Waals surface area contributed by atoms with Crippen LogP contribution in [0.3, 0.4) is 0 Å². The van der Waals surface area contributed by atoms with E-state index in [0.29, 0.717) is 19.5 Å². The van der Waals surface area contributed by atoms with Gasteiger partial charge >= 0.3 is 0 Å². The fourth-order valence-corrected chi connectivity index (χ4v) is 2.26. The number of piperidine rings is 1. The van der Waals surface area contributed by atoms with Gasteiger partial charge in [0.15, 0.2) is 0 Å². The molecule has 0 bridgehead atoms. The van der Waals surface area contributed by atoms with E-state index < -0.39 is 0 Å². The molecule has 1 N–H and O–H groups in total. The lowest BCUT2D eigenvalue weighted by Crippen LogP contribution is -2.42. The number of likely N-dealkylation sites (N-methyl/N-ethyl adjacent to an activating group) is 1. The van der Waals surface area contributed by atoms with Crippen LogP contribution in [0.1, 0.15) is 18.4 Å². The molecule has 1 aliphatic heterocycles. The van der Waals surface area contributed by atoms with Gasteiger partial charge in [0, 0.05) is 44.9 Å². The molecule has 2 heterocycles. The van der Waals surface area contributed by atoms with Crippen molar-refractivity contribution in [1.82, 2.24) is 15.2 Å². The van der Waals surface area contributed by atoms with Crippen molar-refractivity contribution in [3.05, 3.63) is 30.1 Å². The molecule has 2 amide bonds. The molecule has 1 saturated heterocycles. The molecule has 0 radical (unpaired) electrons. The summed E-state index contributed by atoms with van der Waals surface area (Å²) in [6.07, 6.45) is 5.37. The zero-order valence-electron chi connectivity index (χ0n) is 11.1. The van der Waals surface area contributed by atoms with Crippen LogP contribution in [0.4, 0.5) is 0 Å². The lowest BCUT2D eigenvalue weighted by atomic mass is 9.96. The van der Waals surface area contributed by atoms with Crippen LogP contribution in [0.25, 0.3) is 0 Å². The standard InChI is InChI=1S/C14H19N3O2/c1-17(9-5-11-2-6-15-7-3-11)14(19)12-4-8-16-13(18)10-12/h2-3,6-7,12H,4-5,8-10H2,1H3,(H,16,18). The van der Waals surface area contributed by atoms with Crippen molar-refractivity contribution in [2.24, 2.45) is 5.92 Å². The maximum Gasteiger partial charge on any atom is 0.226 e. The van der Waals surface area contributed by atoms with E-state index in [-0.39, 0.29) is 17.7 Å². The van der Waals surface area contributed by atoms with Crippen molar-refractivity contribution in [2.75, 3.05) is 20.1 Å². The fourth-order valence-electron chi connectivity index (χ4n) is 2.26. The molecule has 0 aromatic carbocycles. The molecule has 1 aromatic heterocycles. The zero-order valence-corrected chi connectivity index (χ0v) is 11.1. The van der Waals surface area contributed by atoms with E-state index in [0.717, 1.165) is 18.4 Å². The molecular weight excluding hydrogens is 242 g/mol. The third-order valence-corrected chi connectivity index (χ3v) is 3.46. The van der Waals surface area contributed by atoms with Gasteiger partial charge in [0.25, 0.3) is 0 Å². The number of carbonyl (C=O) groups excluding carboxylic acids is 2. The highest BCUT2D eigenvalue weighted by Crippen LogP contribution is 2.15. The number of aromatic nitrogens is 1. The first-order valence-electron chi connectivity index (χ1n) is 6.57. The van der Waals surface area contributed by atoms with Crippen LogP contribution in [-0.4, -0.2) is 41.8 Å². The van der Waals surface area contributed by atoms with E-state index >= 15 is 0 Å². The molecule has 0 aliphatic carbocycles. The van der Waals surface area contributed by atoms with E-state index in [4.69, 9.17) is 0 Å². The highest BCUT2D eigenvalue weighted by Gasteiger charge is 2.27. The normalized spacial score (nSPS) is 18.8. The highest BCUT2D eigenvalue weighted by atomic mass is 16.2. The smallest absolute Gasteiger partial charge is 0.226 e. The van der Waals surface area contributed by atoms with Crippen molar-refractivity contribution in [3.8, 4) is 0 Å². The van der Waals surface area contributed by atoms with Gasteiger partial charge in [-0.2, -0.15) is 0 Å². The Kier molecular flexibility index (Phi) is 4.49. The molecule has 1 aromatic rings. The number of amides is 2. The minimum atomic E-state index is -0.156. The summed E-state index contributed by atoms with van der Waals surface area (Å²) in [5, 5.41) is 2.75. The second-order valence-electron chi connectivity index (χ2n) is 4.90. The number of hydrogen-bond acceptors (Lipinski definition) is 3. The Balaban J connectivity index is 1.83. The topological polar surface area (TPSA) is 62.3 Å². The molecule has 0 spiro atoms. The quantitative estimate of drug-likeness (QED) is 0.863. The van der Waals surface area contributed by atoms with Crippen molar-refractivity contribution in [3.63, 3.8) is 0 Å². The molecule has 1 unspecified atom stereocenters. The van der Waals surface area contributed by atoms with E-state index in [9.17, 15) is 9.59 Å². The maximum absolute atomic E-state index is 12.2. The Bertz CT molecular complexity index is 447. The molecule has 102 valence electrons. The van der Waals surface area contributed by atoms with Crippen LogP contribution in [0.5, 0.6) is 0 Å². The van der Waals surface area contributed by atoms with Gasteiger partial charge in [-0.1, -0.05) is 0 Å². The van der Waals surface area contributed by atoms with E-state index in [1.54, 1.807) is 24.3 Å². The third kappa shape index (κ3) is 3.77. The predicted molar refractivity (Wildman–Crippen MR) is 71.3 cm³/mol. The van der Waals surface area contributed by atoms with Gasteiger partial charge in [0.1, 0.15) is 0 Å². The van der Waals surface area contributed by atoms with Crippen molar-refractivity contribution in [1.29, 1.82) is 0 Å². The first kappa shape index (κ1) is 13.5. The largest absolute Gasteiger partial charge is 0.356 e. The number of pyridine rings is 1. The summed E-state index contributed by atoms with van der Waals surface area (Å²) in [5.41, 5.74) is 1.16. The number of hydrogen-bond donors (Lipinski definition) is 1. The summed E-state index contributed by atoms with van der Waals surface area (Å²) in [4.78, 5) is 29.2. The second-order valence-corrected chi connectivity index (χ2v) is 4.90. The number of nitrogens with zero attached hydrogens (tertiary/aromatic N) is 2. The molecule has 0 saturated carbocycles. The molecule has 2 rings (SSSR count). The first-order valence-corrected chi connectivity index (χ1v) is 6.57. The van der Waals surface area contributed by atoms with Gasteiger partial charge in [0.2, 0.25) is 11.8 Å². The van der Waals surface area contributed by atoms with E-state index in [2.05, 4.69) is 10.3 Å². The zero-order chi connectivity index (χ0) is 13.7. The number of carbonyl (C=O) groups is 2. The predicted octanol–water partition coefficient (Wildman–Crippen LogP) is 0.609. The van der Waals surface area contributed by atoms with Crippen LogP contribution in [0.2, 0.25) is 0 Å². The second kappa shape index (κ2) is 6.31. The lowest BCUT2D eigenvalue weighted by Gasteiger charge is -2.26. The van der Waals surface area contributed by atoms with Gasteiger partial charge in [-0.3, -0.25) is 14.6 Å². The van der Waals surface area contributed by atoms with Gasteiger partial charge in [-0.15, -0.1) is 0 Å². The third-order valence-electron chi connectivity index (χ3n) is 3.46. The molecule has 1 aliphatic rings. The Morgan fingerprint density at radius 2 is 2.21 bits per heavy atom. The molecular formula is C14H19N3O2. The molecule has 5 heteroatoms. The number of nitrogens with one attached hydrogen (secondary N) is 1. The fraction of sp³-hybridized carbons (Fsp3) is 0.500. The van der Waals surface area contributed by atoms with Gasteiger partial charge in [0.05, 0.1) is 0 Å². The van der Waals surface area contributed by atoms with Crippen molar-refractivity contribution < 1.29 is 9.59 Å². The van der Waals surface area contributed by atoms with Gasteiger partial charge < -0.3 is 10.2 Å². The van der Waals surface area contributed by atoms with Gasteiger partial charge in [-0.05, 0) is 30.5 Å².